The third kappa shape index (κ3) is 3.98. The summed E-state index contributed by atoms with van der Waals surface area (Å²) in [6.07, 6.45) is 9.56. The molecule has 98 valence electrons. The van der Waals surface area contributed by atoms with Gasteiger partial charge in [-0.25, -0.2) is 0 Å². The predicted octanol–water partition coefficient (Wildman–Crippen LogP) is 2.21. The largest absolute Gasteiger partial charge is 0.352 e. The molecule has 0 aromatic carbocycles. The molecule has 2 aliphatic rings. The quantitative estimate of drug-likeness (QED) is 0.788. The van der Waals surface area contributed by atoms with Crippen LogP contribution in [0.3, 0.4) is 0 Å². The molecule has 2 rings (SSSR count). The molecule has 2 atom stereocenters. The Labute approximate surface area is 105 Å². The fourth-order valence-electron chi connectivity index (χ4n) is 3.15. The van der Waals surface area contributed by atoms with Crippen molar-refractivity contribution < 1.29 is 4.79 Å². The normalized spacial score (nSPS) is 30.4. The van der Waals surface area contributed by atoms with Gasteiger partial charge in [0.1, 0.15) is 0 Å². The molecule has 1 aliphatic heterocycles. The van der Waals surface area contributed by atoms with Gasteiger partial charge in [0.25, 0.3) is 0 Å². The van der Waals surface area contributed by atoms with Crippen molar-refractivity contribution in [2.24, 2.45) is 5.92 Å². The summed E-state index contributed by atoms with van der Waals surface area (Å²) >= 11 is 0. The van der Waals surface area contributed by atoms with Crippen molar-refractivity contribution >= 4 is 5.91 Å². The van der Waals surface area contributed by atoms with Crippen molar-refractivity contribution in [3.05, 3.63) is 0 Å². The number of piperidine rings is 1. The molecule has 1 saturated carbocycles. The van der Waals surface area contributed by atoms with Gasteiger partial charge >= 0.3 is 0 Å². The Kier molecular flexibility index (Phi) is 4.84. The zero-order chi connectivity index (χ0) is 12.1. The summed E-state index contributed by atoms with van der Waals surface area (Å²) < 4.78 is 0. The van der Waals surface area contributed by atoms with Gasteiger partial charge in [-0.15, -0.1) is 0 Å². The van der Waals surface area contributed by atoms with Crippen molar-refractivity contribution in [3.8, 4) is 0 Å². The second-order valence-electron chi connectivity index (χ2n) is 5.75. The molecule has 0 spiro atoms. The number of rotatable bonds is 4. The van der Waals surface area contributed by atoms with E-state index in [0.29, 0.717) is 12.1 Å². The van der Waals surface area contributed by atoms with Crippen LogP contribution in [0, 0.1) is 5.92 Å². The highest BCUT2D eigenvalue weighted by atomic mass is 16.1. The Balaban J connectivity index is 1.65. The molecular weight excluding hydrogens is 212 g/mol. The van der Waals surface area contributed by atoms with Gasteiger partial charge in [-0.1, -0.05) is 25.7 Å². The third-order valence-electron chi connectivity index (χ3n) is 4.36. The average Bonchev–Trinajstić information content (AvgIpc) is 2.82. The lowest BCUT2D eigenvalue weighted by atomic mass is 9.98. The smallest absolute Gasteiger partial charge is 0.220 e. The summed E-state index contributed by atoms with van der Waals surface area (Å²) in [5.41, 5.74) is 0. The number of hydrogen-bond acceptors (Lipinski definition) is 2. The first-order chi connectivity index (χ1) is 8.25. The fraction of sp³-hybridized carbons (Fsp3) is 0.929. The van der Waals surface area contributed by atoms with Crippen LogP contribution < -0.4 is 10.6 Å². The zero-order valence-electron chi connectivity index (χ0n) is 11.0. The molecule has 3 heteroatoms. The molecule has 1 amide bonds. The van der Waals surface area contributed by atoms with E-state index in [2.05, 4.69) is 17.6 Å². The van der Waals surface area contributed by atoms with E-state index in [-0.39, 0.29) is 5.91 Å². The number of carbonyl (C=O) groups excluding carboxylic acids is 1. The van der Waals surface area contributed by atoms with Crippen molar-refractivity contribution in [1.29, 1.82) is 0 Å². The molecule has 1 aliphatic carbocycles. The van der Waals surface area contributed by atoms with Gasteiger partial charge in [0.2, 0.25) is 5.91 Å². The number of nitrogens with one attached hydrogen (secondary N) is 2. The number of amides is 1. The first-order valence-corrected chi connectivity index (χ1v) is 7.28. The molecule has 2 fully saturated rings. The molecular formula is C14H26N2O. The first kappa shape index (κ1) is 12.9. The van der Waals surface area contributed by atoms with E-state index in [0.717, 1.165) is 31.7 Å². The van der Waals surface area contributed by atoms with Crippen molar-refractivity contribution in [2.45, 2.75) is 70.4 Å². The molecule has 0 aromatic rings. The fourth-order valence-corrected chi connectivity index (χ4v) is 3.15. The van der Waals surface area contributed by atoms with E-state index in [4.69, 9.17) is 0 Å². The predicted molar refractivity (Wildman–Crippen MR) is 69.8 cm³/mol. The Morgan fingerprint density at radius 1 is 1.24 bits per heavy atom. The molecule has 17 heavy (non-hydrogen) atoms. The van der Waals surface area contributed by atoms with Crippen molar-refractivity contribution in [1.82, 2.24) is 10.6 Å². The molecule has 3 nitrogen and oxygen atoms in total. The van der Waals surface area contributed by atoms with Crippen LogP contribution in [0.5, 0.6) is 0 Å². The van der Waals surface area contributed by atoms with Gasteiger partial charge in [-0.05, 0) is 38.6 Å². The van der Waals surface area contributed by atoms with E-state index in [1.54, 1.807) is 0 Å². The SMILES string of the molecule is CC1NCCCC1NC(=O)CCC1CCCC1. The second-order valence-corrected chi connectivity index (χ2v) is 5.75. The maximum Gasteiger partial charge on any atom is 0.220 e. The number of hydrogen-bond donors (Lipinski definition) is 2. The number of carbonyl (C=O) groups is 1. The highest BCUT2D eigenvalue weighted by molar-refractivity contribution is 5.76. The van der Waals surface area contributed by atoms with Crippen LogP contribution in [0.15, 0.2) is 0 Å². The third-order valence-corrected chi connectivity index (χ3v) is 4.36. The molecule has 2 unspecified atom stereocenters. The summed E-state index contributed by atoms with van der Waals surface area (Å²) in [6, 6.07) is 0.777. The first-order valence-electron chi connectivity index (χ1n) is 7.28. The summed E-state index contributed by atoms with van der Waals surface area (Å²) in [6.45, 7) is 3.26. The molecule has 0 radical (unpaired) electrons. The minimum absolute atomic E-state index is 0.262. The Morgan fingerprint density at radius 3 is 2.71 bits per heavy atom. The van der Waals surface area contributed by atoms with Gasteiger partial charge < -0.3 is 10.6 Å². The highest BCUT2D eigenvalue weighted by Gasteiger charge is 2.23. The average molecular weight is 238 g/mol. The zero-order valence-corrected chi connectivity index (χ0v) is 11.0. The van der Waals surface area contributed by atoms with Gasteiger partial charge in [0.05, 0.1) is 0 Å². The van der Waals surface area contributed by atoms with E-state index in [1.165, 1.54) is 32.1 Å². The summed E-state index contributed by atoms with van der Waals surface area (Å²) in [5.74, 6) is 1.08. The maximum absolute atomic E-state index is 11.9. The van der Waals surface area contributed by atoms with E-state index in [9.17, 15) is 4.79 Å². The van der Waals surface area contributed by atoms with Gasteiger partial charge in [-0.3, -0.25) is 4.79 Å². The standard InChI is InChI=1S/C14H26N2O/c1-11-13(7-4-10-15-11)16-14(17)9-8-12-5-2-3-6-12/h11-13,15H,2-10H2,1H3,(H,16,17). The topological polar surface area (TPSA) is 41.1 Å². The van der Waals surface area contributed by atoms with Gasteiger partial charge in [-0.2, -0.15) is 0 Å². The lowest BCUT2D eigenvalue weighted by Crippen LogP contribution is -2.51. The van der Waals surface area contributed by atoms with Crippen LogP contribution in [0.4, 0.5) is 0 Å². The lowest BCUT2D eigenvalue weighted by Gasteiger charge is -2.30. The second kappa shape index (κ2) is 6.39. The summed E-state index contributed by atoms with van der Waals surface area (Å²) in [4.78, 5) is 11.9. The molecule has 1 heterocycles. The minimum atomic E-state index is 0.262. The van der Waals surface area contributed by atoms with E-state index in [1.807, 2.05) is 0 Å². The van der Waals surface area contributed by atoms with Crippen molar-refractivity contribution in [3.63, 3.8) is 0 Å². The van der Waals surface area contributed by atoms with Crippen LogP contribution >= 0.6 is 0 Å². The van der Waals surface area contributed by atoms with Gasteiger partial charge in [0, 0.05) is 18.5 Å². The van der Waals surface area contributed by atoms with E-state index >= 15 is 0 Å². The molecule has 0 bridgehead atoms. The van der Waals surface area contributed by atoms with Crippen LogP contribution in [0.1, 0.15) is 58.3 Å². The highest BCUT2D eigenvalue weighted by Crippen LogP contribution is 2.28. The van der Waals surface area contributed by atoms with E-state index < -0.39 is 0 Å². The monoisotopic (exact) mass is 238 g/mol. The molecule has 1 saturated heterocycles. The lowest BCUT2D eigenvalue weighted by molar-refractivity contribution is -0.122. The maximum atomic E-state index is 11.9. The Morgan fingerprint density at radius 2 is 2.00 bits per heavy atom. The Bertz CT molecular complexity index is 249. The Hall–Kier alpha value is -0.570. The van der Waals surface area contributed by atoms with Crippen LogP contribution in [-0.2, 0) is 4.79 Å². The molecule has 2 N–H and O–H groups in total. The van der Waals surface area contributed by atoms with Crippen LogP contribution in [0.2, 0.25) is 0 Å². The minimum Gasteiger partial charge on any atom is -0.352 e. The molecule has 0 aromatic heterocycles. The van der Waals surface area contributed by atoms with Crippen LogP contribution in [-0.4, -0.2) is 24.5 Å². The van der Waals surface area contributed by atoms with Crippen LogP contribution in [0.25, 0.3) is 0 Å². The summed E-state index contributed by atoms with van der Waals surface area (Å²) in [5, 5.41) is 6.61. The van der Waals surface area contributed by atoms with Gasteiger partial charge in [0.15, 0.2) is 0 Å². The van der Waals surface area contributed by atoms with Crippen molar-refractivity contribution in [2.75, 3.05) is 6.54 Å². The summed E-state index contributed by atoms with van der Waals surface area (Å²) in [7, 11) is 0.